The summed E-state index contributed by atoms with van der Waals surface area (Å²) in [7, 11) is 0. The Bertz CT molecular complexity index is 1460. The van der Waals surface area contributed by atoms with Crippen LogP contribution in [0.1, 0.15) is 18.4 Å². The van der Waals surface area contributed by atoms with Gasteiger partial charge in [-0.25, -0.2) is 9.07 Å². The zero-order chi connectivity index (χ0) is 24.3. The quantitative estimate of drug-likeness (QED) is 0.339. The fraction of sp³-hybridized carbons (Fsp3) is 0.185. The summed E-state index contributed by atoms with van der Waals surface area (Å²) in [5, 5.41) is 12.7. The molecule has 0 unspecified atom stereocenters. The van der Waals surface area contributed by atoms with Crippen LogP contribution in [0.5, 0.6) is 0 Å². The number of piperidine rings is 1. The molecule has 0 atom stereocenters. The minimum Gasteiger partial charge on any atom is -0.332 e. The van der Waals surface area contributed by atoms with Crippen LogP contribution in [0.25, 0.3) is 39.9 Å². The lowest BCUT2D eigenvalue weighted by molar-refractivity contribution is 0.255. The molecule has 36 heavy (non-hydrogen) atoms. The van der Waals surface area contributed by atoms with Crippen LogP contribution in [0, 0.1) is 12.2 Å². The van der Waals surface area contributed by atoms with E-state index in [-0.39, 0.29) is 11.6 Å². The van der Waals surface area contributed by atoms with Crippen molar-refractivity contribution in [2.75, 3.05) is 13.1 Å². The second-order valence-electron chi connectivity index (χ2n) is 8.67. The van der Waals surface area contributed by atoms with Crippen LogP contribution < -0.4 is 0 Å². The van der Waals surface area contributed by atoms with Crippen molar-refractivity contribution < 1.29 is 8.91 Å². The number of rotatable bonds is 6. The summed E-state index contributed by atoms with van der Waals surface area (Å²) < 4.78 is 21.7. The molecule has 0 aliphatic carbocycles. The monoisotopic (exact) mass is 480 g/mol. The highest BCUT2D eigenvalue weighted by molar-refractivity contribution is 5.76. The third kappa shape index (κ3) is 4.40. The van der Waals surface area contributed by atoms with Gasteiger partial charge in [-0.3, -0.25) is 9.88 Å². The summed E-state index contributed by atoms with van der Waals surface area (Å²) in [5.41, 5.74) is 3.99. The molecule has 6 rings (SSSR count). The summed E-state index contributed by atoms with van der Waals surface area (Å²) in [6, 6.07) is 18.2. The molecule has 3 aromatic heterocycles. The summed E-state index contributed by atoms with van der Waals surface area (Å²) in [5.74, 6) is 0.231. The molecular formula is C27H23FN7O. The van der Waals surface area contributed by atoms with Gasteiger partial charge in [-0.1, -0.05) is 46.8 Å². The van der Waals surface area contributed by atoms with Crippen LogP contribution in [0.4, 0.5) is 4.39 Å². The Morgan fingerprint density at radius 1 is 0.944 bits per heavy atom. The molecule has 0 spiro atoms. The maximum atomic E-state index is 14.6. The largest absolute Gasteiger partial charge is 0.332 e. The first-order valence-electron chi connectivity index (χ1n) is 11.8. The molecular weight excluding hydrogens is 457 g/mol. The molecule has 0 bridgehead atoms. The molecule has 8 nitrogen and oxygen atoms in total. The van der Waals surface area contributed by atoms with Crippen molar-refractivity contribution in [1.29, 1.82) is 0 Å². The lowest BCUT2D eigenvalue weighted by atomic mass is 10.1. The number of aromatic nitrogens is 6. The van der Waals surface area contributed by atoms with Crippen LogP contribution in [-0.2, 0) is 6.54 Å². The average Bonchev–Trinajstić information content (AvgIpc) is 3.58. The van der Waals surface area contributed by atoms with Crippen LogP contribution in [0.2, 0.25) is 0 Å². The number of benzene rings is 2. The molecule has 9 heteroatoms. The standard InChI is InChI=1S/C27H23FN7O/c28-22-6-2-3-7-23(22)35-25(20-12-14-29-15-13-20)24(31-33-35)27-30-26(32-36-27)21-10-8-19(9-11-21)18-34-16-4-1-5-17-34/h2-4,6-15H,1,5,16-18H2. The van der Waals surface area contributed by atoms with Gasteiger partial charge in [0.05, 0.1) is 0 Å². The van der Waals surface area contributed by atoms with E-state index in [1.165, 1.54) is 29.2 Å². The van der Waals surface area contributed by atoms with Crippen molar-refractivity contribution in [3.05, 3.63) is 90.9 Å². The predicted molar refractivity (Wildman–Crippen MR) is 132 cm³/mol. The third-order valence-electron chi connectivity index (χ3n) is 6.22. The minimum atomic E-state index is -0.419. The van der Waals surface area contributed by atoms with Gasteiger partial charge in [0, 0.05) is 36.6 Å². The van der Waals surface area contributed by atoms with Crippen LogP contribution in [0.15, 0.2) is 77.6 Å². The van der Waals surface area contributed by atoms with Gasteiger partial charge in [0.25, 0.3) is 5.89 Å². The van der Waals surface area contributed by atoms with Crippen LogP contribution >= 0.6 is 0 Å². The van der Waals surface area contributed by atoms with E-state index in [0.717, 1.165) is 30.8 Å². The van der Waals surface area contributed by atoms with E-state index in [9.17, 15) is 4.39 Å². The van der Waals surface area contributed by atoms with Crippen molar-refractivity contribution in [2.45, 2.75) is 19.4 Å². The molecule has 0 N–H and O–H groups in total. The van der Waals surface area contributed by atoms with E-state index < -0.39 is 5.82 Å². The van der Waals surface area contributed by atoms with Crippen LogP contribution in [0.3, 0.4) is 0 Å². The normalized spacial score (nSPS) is 14.2. The number of hydrogen-bond acceptors (Lipinski definition) is 7. The molecule has 0 amide bonds. The second kappa shape index (κ2) is 9.79. The Labute approximate surface area is 207 Å². The summed E-state index contributed by atoms with van der Waals surface area (Å²) in [6.07, 6.45) is 8.06. The fourth-order valence-electron chi connectivity index (χ4n) is 4.41. The zero-order valence-corrected chi connectivity index (χ0v) is 19.5. The molecule has 1 fully saturated rings. The number of para-hydroxylation sites is 1. The lowest BCUT2D eigenvalue weighted by Crippen LogP contribution is -2.29. The number of pyridine rings is 1. The van der Waals surface area contributed by atoms with Crippen LogP contribution in [-0.4, -0.2) is 48.1 Å². The third-order valence-corrected chi connectivity index (χ3v) is 6.22. The number of hydrogen-bond donors (Lipinski definition) is 0. The Morgan fingerprint density at radius 3 is 2.56 bits per heavy atom. The number of nitrogens with zero attached hydrogens (tertiary/aromatic N) is 7. The van der Waals surface area contributed by atoms with Gasteiger partial charge in [-0.05, 0) is 55.6 Å². The number of halogens is 1. The van der Waals surface area contributed by atoms with Crippen molar-refractivity contribution in [3.63, 3.8) is 0 Å². The van der Waals surface area contributed by atoms with Gasteiger partial charge in [0.1, 0.15) is 17.2 Å². The minimum absolute atomic E-state index is 0.201. The fourth-order valence-corrected chi connectivity index (χ4v) is 4.41. The molecule has 2 aromatic carbocycles. The number of likely N-dealkylation sites (tertiary alicyclic amines) is 1. The highest BCUT2D eigenvalue weighted by Crippen LogP contribution is 2.32. The second-order valence-corrected chi connectivity index (χ2v) is 8.67. The first-order valence-corrected chi connectivity index (χ1v) is 11.8. The molecule has 0 saturated carbocycles. The Kier molecular flexibility index (Phi) is 6.05. The van der Waals surface area contributed by atoms with Gasteiger partial charge < -0.3 is 4.52 Å². The average molecular weight is 481 g/mol. The van der Waals surface area contributed by atoms with E-state index in [0.29, 0.717) is 17.2 Å². The van der Waals surface area contributed by atoms with E-state index in [1.807, 2.05) is 12.1 Å². The van der Waals surface area contributed by atoms with E-state index in [1.54, 1.807) is 42.7 Å². The summed E-state index contributed by atoms with van der Waals surface area (Å²) >= 11 is 0. The smallest absolute Gasteiger partial charge is 0.281 e. The van der Waals surface area contributed by atoms with E-state index in [2.05, 4.69) is 48.9 Å². The highest BCUT2D eigenvalue weighted by Gasteiger charge is 2.24. The topological polar surface area (TPSA) is 85.8 Å². The van der Waals surface area contributed by atoms with Crippen molar-refractivity contribution >= 4 is 0 Å². The molecule has 4 heterocycles. The van der Waals surface area contributed by atoms with Gasteiger partial charge in [0.2, 0.25) is 5.82 Å². The zero-order valence-electron chi connectivity index (χ0n) is 19.5. The molecule has 1 saturated heterocycles. The van der Waals surface area contributed by atoms with Gasteiger partial charge in [-0.2, -0.15) is 4.98 Å². The van der Waals surface area contributed by atoms with E-state index in [4.69, 9.17) is 4.52 Å². The molecule has 5 aromatic rings. The maximum Gasteiger partial charge on any atom is 0.281 e. The highest BCUT2D eigenvalue weighted by atomic mass is 19.1. The van der Waals surface area contributed by atoms with E-state index >= 15 is 0 Å². The van der Waals surface area contributed by atoms with Crippen molar-refractivity contribution in [1.82, 2.24) is 35.0 Å². The van der Waals surface area contributed by atoms with Gasteiger partial charge in [0.15, 0.2) is 5.69 Å². The first-order chi connectivity index (χ1) is 17.8. The Balaban J connectivity index is 1.32. The molecule has 1 aliphatic heterocycles. The lowest BCUT2D eigenvalue weighted by Gasteiger charge is -2.26. The van der Waals surface area contributed by atoms with Crippen molar-refractivity contribution in [3.8, 4) is 39.9 Å². The van der Waals surface area contributed by atoms with Gasteiger partial charge in [-0.15, -0.1) is 5.10 Å². The maximum absolute atomic E-state index is 14.6. The Morgan fingerprint density at radius 2 is 1.78 bits per heavy atom. The first kappa shape index (κ1) is 22.2. The predicted octanol–water partition coefficient (Wildman–Crippen LogP) is 4.99. The Hall–Kier alpha value is -4.24. The summed E-state index contributed by atoms with van der Waals surface area (Å²) in [4.78, 5) is 11.1. The molecule has 1 radical (unpaired) electrons. The summed E-state index contributed by atoms with van der Waals surface area (Å²) in [6.45, 7) is 3.08. The molecule has 1 aliphatic rings. The molecule has 179 valence electrons. The van der Waals surface area contributed by atoms with Crippen molar-refractivity contribution in [2.24, 2.45) is 0 Å². The SMILES string of the molecule is Fc1ccccc1-n1nnc(-c2nc(-c3ccc(CN4C[CH]CCC4)cc3)no2)c1-c1ccncc1. The van der Waals surface area contributed by atoms with Gasteiger partial charge >= 0.3 is 0 Å².